The van der Waals surface area contributed by atoms with Crippen molar-refractivity contribution in [1.29, 1.82) is 0 Å². The van der Waals surface area contributed by atoms with Gasteiger partial charge >= 0.3 is 0 Å². The number of nitrogens with zero attached hydrogens (tertiary/aromatic N) is 2. The van der Waals surface area contributed by atoms with Crippen LogP contribution in [0.3, 0.4) is 0 Å². The number of fused-ring (bicyclic) bond motifs is 1. The molecule has 0 saturated carbocycles. The van der Waals surface area contributed by atoms with E-state index >= 15 is 0 Å². The number of aromatic nitrogens is 2. The number of hydrogen-bond acceptors (Lipinski definition) is 6. The summed E-state index contributed by atoms with van der Waals surface area (Å²) in [6.07, 6.45) is 0. The maximum atomic E-state index is 13.8. The van der Waals surface area contributed by atoms with Crippen LogP contribution < -0.4 is 20.8 Å². The Morgan fingerprint density at radius 3 is 2.50 bits per heavy atom. The number of ether oxygens (including phenoxy) is 2. The van der Waals surface area contributed by atoms with E-state index in [4.69, 9.17) is 20.2 Å². The molecule has 36 heavy (non-hydrogen) atoms. The Kier molecular flexibility index (Phi) is 6.59. The van der Waals surface area contributed by atoms with Gasteiger partial charge in [-0.1, -0.05) is 35.9 Å². The van der Waals surface area contributed by atoms with Crippen LogP contribution in [0.25, 0.3) is 32.0 Å². The number of hydrogen-bond donors (Lipinski definition) is 1. The van der Waals surface area contributed by atoms with Crippen LogP contribution in [0.5, 0.6) is 11.5 Å². The van der Waals surface area contributed by atoms with Gasteiger partial charge in [0.2, 0.25) is 0 Å². The summed E-state index contributed by atoms with van der Waals surface area (Å²) < 4.78 is 12.7. The van der Waals surface area contributed by atoms with Crippen molar-refractivity contribution in [2.24, 2.45) is 5.73 Å². The van der Waals surface area contributed by atoms with E-state index in [2.05, 4.69) is 0 Å². The molecule has 3 aromatic carbocycles. The average molecular weight is 498 g/mol. The number of aryl methyl sites for hydroxylation is 1. The zero-order chi connectivity index (χ0) is 25.2. The second-order valence-electron chi connectivity index (χ2n) is 8.60. The molecule has 0 atom stereocenters. The number of rotatable bonds is 7. The first-order valence-corrected chi connectivity index (χ1v) is 12.4. The van der Waals surface area contributed by atoms with E-state index in [0.717, 1.165) is 43.5 Å². The molecule has 2 aromatic heterocycles. The fraction of sp³-hybridized carbons (Fsp3) is 0.172. The molecule has 2 N–H and O–H groups in total. The van der Waals surface area contributed by atoms with Gasteiger partial charge in [0.25, 0.3) is 5.56 Å². The van der Waals surface area contributed by atoms with E-state index in [0.29, 0.717) is 29.8 Å². The lowest BCUT2D eigenvalue weighted by Gasteiger charge is -2.14. The lowest BCUT2D eigenvalue weighted by molar-refractivity contribution is 0.395. The topological polar surface area (TPSA) is 79.4 Å². The fourth-order valence-corrected chi connectivity index (χ4v) is 5.35. The third kappa shape index (κ3) is 4.51. The molecular formula is C29H27N3O3S. The highest BCUT2D eigenvalue weighted by Crippen LogP contribution is 2.40. The zero-order valence-corrected chi connectivity index (χ0v) is 21.3. The molecule has 0 radical (unpaired) electrons. The molecule has 0 aliphatic carbocycles. The monoisotopic (exact) mass is 497 g/mol. The van der Waals surface area contributed by atoms with Gasteiger partial charge in [0.1, 0.15) is 11.5 Å². The quantitative estimate of drug-likeness (QED) is 0.316. The predicted octanol–water partition coefficient (Wildman–Crippen LogP) is 5.62. The van der Waals surface area contributed by atoms with E-state index in [1.807, 2.05) is 79.7 Å². The van der Waals surface area contributed by atoms with Gasteiger partial charge in [0.15, 0.2) is 5.82 Å². The van der Waals surface area contributed by atoms with Crippen molar-refractivity contribution in [3.63, 3.8) is 0 Å². The van der Waals surface area contributed by atoms with Gasteiger partial charge in [-0.2, -0.15) is 0 Å². The smallest absolute Gasteiger partial charge is 0.261 e. The molecule has 0 aliphatic heterocycles. The maximum absolute atomic E-state index is 13.8. The molecule has 7 heteroatoms. The van der Waals surface area contributed by atoms with Crippen LogP contribution in [0.2, 0.25) is 0 Å². The number of methoxy groups -OCH3 is 2. The van der Waals surface area contributed by atoms with Gasteiger partial charge in [0.05, 0.1) is 36.5 Å². The second-order valence-corrected chi connectivity index (χ2v) is 9.69. The number of benzene rings is 3. The molecule has 0 unspecified atom stereocenters. The minimum Gasteiger partial charge on any atom is -0.497 e. The van der Waals surface area contributed by atoms with Crippen LogP contribution in [0.15, 0.2) is 77.6 Å². The molecule has 2 heterocycles. The Labute approximate surface area is 213 Å². The number of nitrogens with two attached hydrogens (primary N) is 1. The largest absolute Gasteiger partial charge is 0.497 e. The van der Waals surface area contributed by atoms with Gasteiger partial charge in [-0.05, 0) is 54.4 Å². The molecule has 0 spiro atoms. The van der Waals surface area contributed by atoms with E-state index in [1.54, 1.807) is 30.1 Å². The molecule has 0 aliphatic rings. The predicted molar refractivity (Wildman–Crippen MR) is 146 cm³/mol. The van der Waals surface area contributed by atoms with Crippen molar-refractivity contribution in [3.05, 3.63) is 99.8 Å². The Morgan fingerprint density at radius 1 is 0.917 bits per heavy atom. The molecule has 5 rings (SSSR count). The van der Waals surface area contributed by atoms with Crippen LogP contribution in [-0.4, -0.2) is 23.8 Å². The molecule has 182 valence electrons. The summed E-state index contributed by atoms with van der Waals surface area (Å²) in [4.78, 5) is 20.6. The third-order valence-corrected chi connectivity index (χ3v) is 7.29. The summed E-state index contributed by atoms with van der Waals surface area (Å²) >= 11 is 1.57. The van der Waals surface area contributed by atoms with Crippen molar-refractivity contribution in [2.45, 2.75) is 20.0 Å². The second kappa shape index (κ2) is 9.97. The lowest BCUT2D eigenvalue weighted by atomic mass is 10.1. The Balaban J connectivity index is 1.66. The highest BCUT2D eigenvalue weighted by atomic mass is 32.1. The van der Waals surface area contributed by atoms with E-state index in [1.165, 1.54) is 0 Å². The highest BCUT2D eigenvalue weighted by Gasteiger charge is 2.17. The van der Waals surface area contributed by atoms with Crippen molar-refractivity contribution >= 4 is 22.2 Å². The van der Waals surface area contributed by atoms with Gasteiger partial charge in [-0.15, -0.1) is 11.3 Å². The zero-order valence-electron chi connectivity index (χ0n) is 20.4. The molecule has 0 fully saturated rings. The van der Waals surface area contributed by atoms with E-state index < -0.39 is 0 Å². The SMILES string of the molecule is COc1ccc(-c2ccc(-c3nc4ccc(C)cc4c(=O)n3Cc3cccc(CN)c3)s2)c(OC)c1. The molecule has 0 bridgehead atoms. The summed E-state index contributed by atoms with van der Waals surface area (Å²) in [5.41, 5.74) is 10.5. The highest BCUT2D eigenvalue weighted by molar-refractivity contribution is 7.18. The van der Waals surface area contributed by atoms with Crippen molar-refractivity contribution < 1.29 is 9.47 Å². The minimum atomic E-state index is -0.0613. The van der Waals surface area contributed by atoms with Crippen LogP contribution in [0.1, 0.15) is 16.7 Å². The van der Waals surface area contributed by atoms with Crippen LogP contribution in [0, 0.1) is 6.92 Å². The van der Waals surface area contributed by atoms with Crippen LogP contribution in [0.4, 0.5) is 0 Å². The number of thiophene rings is 1. The van der Waals surface area contributed by atoms with Crippen molar-refractivity contribution in [3.8, 4) is 32.6 Å². The average Bonchev–Trinajstić information content (AvgIpc) is 3.40. The van der Waals surface area contributed by atoms with Crippen molar-refractivity contribution in [1.82, 2.24) is 9.55 Å². The van der Waals surface area contributed by atoms with Gasteiger partial charge in [-0.3, -0.25) is 9.36 Å². The summed E-state index contributed by atoms with van der Waals surface area (Å²) in [5, 5.41) is 0.613. The fourth-order valence-electron chi connectivity index (χ4n) is 4.31. The first-order valence-electron chi connectivity index (χ1n) is 11.6. The summed E-state index contributed by atoms with van der Waals surface area (Å²) in [6.45, 7) is 2.83. The Hall–Kier alpha value is -3.94. The standard InChI is InChI=1S/C29H27N3O3S/c1-18-7-10-24-23(13-18)29(33)32(17-20-6-4-5-19(14-20)16-30)28(31-24)27-12-11-26(36-27)22-9-8-21(34-2)15-25(22)35-3/h4-15H,16-17,30H2,1-3H3. The first-order chi connectivity index (χ1) is 17.5. The van der Waals surface area contributed by atoms with E-state index in [-0.39, 0.29) is 5.56 Å². The molecular weight excluding hydrogens is 470 g/mol. The first kappa shape index (κ1) is 23.8. The molecule has 6 nitrogen and oxygen atoms in total. The van der Waals surface area contributed by atoms with Crippen LogP contribution in [-0.2, 0) is 13.1 Å². The summed E-state index contributed by atoms with van der Waals surface area (Å²) in [6, 6.07) is 23.6. The normalized spacial score (nSPS) is 11.1. The third-order valence-electron chi connectivity index (χ3n) is 6.18. The Bertz CT molecular complexity index is 1620. The molecule has 0 amide bonds. The van der Waals surface area contributed by atoms with Gasteiger partial charge in [-0.25, -0.2) is 4.98 Å². The lowest BCUT2D eigenvalue weighted by Crippen LogP contribution is -2.24. The van der Waals surface area contributed by atoms with Crippen LogP contribution >= 0.6 is 11.3 Å². The summed E-state index contributed by atoms with van der Waals surface area (Å²) in [5.74, 6) is 2.09. The van der Waals surface area contributed by atoms with Crippen molar-refractivity contribution in [2.75, 3.05) is 14.2 Å². The van der Waals surface area contributed by atoms with E-state index in [9.17, 15) is 4.79 Å². The summed E-state index contributed by atoms with van der Waals surface area (Å²) in [7, 11) is 3.28. The minimum absolute atomic E-state index is 0.0613. The van der Waals surface area contributed by atoms with Gasteiger partial charge in [0, 0.05) is 23.1 Å². The maximum Gasteiger partial charge on any atom is 0.261 e. The Morgan fingerprint density at radius 2 is 1.72 bits per heavy atom. The molecule has 0 saturated heterocycles. The van der Waals surface area contributed by atoms with Gasteiger partial charge < -0.3 is 15.2 Å². The molecule has 5 aromatic rings.